The molecule has 0 fully saturated rings. The van der Waals surface area contributed by atoms with Crippen LogP contribution in [-0.4, -0.2) is 23.0 Å². The van der Waals surface area contributed by atoms with Gasteiger partial charge in [0, 0.05) is 29.8 Å². The fourth-order valence-electron chi connectivity index (χ4n) is 2.67. The monoisotopic (exact) mass is 447 g/mol. The summed E-state index contributed by atoms with van der Waals surface area (Å²) in [6, 6.07) is 15.9. The van der Waals surface area contributed by atoms with Crippen molar-refractivity contribution in [1.82, 2.24) is 4.98 Å². The quantitative estimate of drug-likeness (QED) is 0.299. The lowest BCUT2D eigenvalue weighted by atomic mass is 10.2. The van der Waals surface area contributed by atoms with Crippen LogP contribution in [0.4, 0.5) is 5.69 Å². The molecule has 0 saturated heterocycles. The highest BCUT2D eigenvalue weighted by Gasteiger charge is 2.11. The zero-order valence-electron chi connectivity index (χ0n) is 17.8. The van der Waals surface area contributed by atoms with E-state index in [4.69, 9.17) is 9.47 Å². The van der Waals surface area contributed by atoms with Crippen molar-refractivity contribution in [3.8, 4) is 23.1 Å². The molecule has 0 aliphatic heterocycles. The number of rotatable bonds is 7. The van der Waals surface area contributed by atoms with Gasteiger partial charge < -0.3 is 14.8 Å². The lowest BCUT2D eigenvalue weighted by Gasteiger charge is -2.08. The van der Waals surface area contributed by atoms with Gasteiger partial charge in [0.2, 0.25) is 0 Å². The Morgan fingerprint density at radius 2 is 1.81 bits per heavy atom. The summed E-state index contributed by atoms with van der Waals surface area (Å²) in [7, 11) is 0. The minimum Gasteiger partial charge on any atom is -0.459 e. The number of anilines is 1. The van der Waals surface area contributed by atoms with E-state index in [1.54, 1.807) is 68.6 Å². The number of carbonyl (C=O) groups excluding carboxylic acids is 2. The maximum atomic E-state index is 11.9. The number of thiazole rings is 1. The van der Waals surface area contributed by atoms with Gasteiger partial charge in [-0.3, -0.25) is 4.79 Å². The summed E-state index contributed by atoms with van der Waals surface area (Å²) in [6.45, 7) is 4.94. The largest absolute Gasteiger partial charge is 0.459 e. The van der Waals surface area contributed by atoms with Crippen molar-refractivity contribution in [2.45, 2.75) is 26.9 Å². The zero-order valence-corrected chi connectivity index (χ0v) is 18.6. The molecule has 7 nitrogen and oxygen atoms in total. The van der Waals surface area contributed by atoms with E-state index in [1.165, 1.54) is 18.3 Å². The Bertz CT molecular complexity index is 1170. The SMILES string of the molecule is CC(=O)Oc1ccc(-c2csc(/C(C#N)=C/Nc3ccc(C(=O)OC(C)C)cc3)n2)cc1. The Balaban J connectivity index is 1.70. The van der Waals surface area contributed by atoms with Crippen LogP contribution in [0.2, 0.25) is 0 Å². The number of nitrogens with zero attached hydrogens (tertiary/aromatic N) is 2. The van der Waals surface area contributed by atoms with Crippen LogP contribution < -0.4 is 10.1 Å². The summed E-state index contributed by atoms with van der Waals surface area (Å²) in [4.78, 5) is 27.5. The molecule has 32 heavy (non-hydrogen) atoms. The Morgan fingerprint density at radius 1 is 1.12 bits per heavy atom. The summed E-state index contributed by atoms with van der Waals surface area (Å²) in [5.41, 5.74) is 3.11. The van der Waals surface area contributed by atoms with E-state index in [2.05, 4.69) is 16.4 Å². The third-order valence-electron chi connectivity index (χ3n) is 4.11. The Kier molecular flexibility index (Phi) is 7.37. The highest BCUT2D eigenvalue weighted by Crippen LogP contribution is 2.27. The Labute approximate surface area is 189 Å². The summed E-state index contributed by atoms with van der Waals surface area (Å²) in [5.74, 6) is -0.298. The Hall–Kier alpha value is -3.96. The van der Waals surface area contributed by atoms with Crippen LogP contribution in [0.3, 0.4) is 0 Å². The molecule has 0 spiro atoms. The van der Waals surface area contributed by atoms with Crippen LogP contribution in [-0.2, 0) is 9.53 Å². The molecule has 3 rings (SSSR count). The van der Waals surface area contributed by atoms with Gasteiger partial charge >= 0.3 is 11.9 Å². The Morgan fingerprint density at radius 3 is 2.41 bits per heavy atom. The molecule has 0 saturated carbocycles. The number of hydrogen-bond donors (Lipinski definition) is 1. The average Bonchev–Trinajstić information content (AvgIpc) is 3.24. The van der Waals surface area contributed by atoms with Gasteiger partial charge in [-0.15, -0.1) is 11.3 Å². The van der Waals surface area contributed by atoms with Gasteiger partial charge in [-0.25, -0.2) is 9.78 Å². The van der Waals surface area contributed by atoms with Gasteiger partial charge in [0.1, 0.15) is 22.4 Å². The van der Waals surface area contributed by atoms with E-state index in [-0.39, 0.29) is 18.0 Å². The zero-order chi connectivity index (χ0) is 23.1. The first kappa shape index (κ1) is 22.7. The predicted molar refractivity (Wildman–Crippen MR) is 123 cm³/mol. The summed E-state index contributed by atoms with van der Waals surface area (Å²) in [5, 5.41) is 15.0. The van der Waals surface area contributed by atoms with Crippen molar-refractivity contribution >= 4 is 34.5 Å². The second kappa shape index (κ2) is 10.4. The fourth-order valence-corrected chi connectivity index (χ4v) is 3.47. The number of nitriles is 1. The van der Waals surface area contributed by atoms with Crippen molar-refractivity contribution < 1.29 is 19.1 Å². The van der Waals surface area contributed by atoms with E-state index < -0.39 is 0 Å². The van der Waals surface area contributed by atoms with Crippen molar-refractivity contribution in [2.24, 2.45) is 0 Å². The van der Waals surface area contributed by atoms with Crippen molar-refractivity contribution in [3.63, 3.8) is 0 Å². The van der Waals surface area contributed by atoms with E-state index >= 15 is 0 Å². The van der Waals surface area contributed by atoms with E-state index in [0.29, 0.717) is 27.6 Å². The third kappa shape index (κ3) is 6.03. The number of aromatic nitrogens is 1. The average molecular weight is 448 g/mol. The minimum absolute atomic E-state index is 0.184. The van der Waals surface area contributed by atoms with Crippen molar-refractivity contribution in [2.75, 3.05) is 5.32 Å². The molecule has 3 aromatic rings. The third-order valence-corrected chi connectivity index (χ3v) is 4.99. The van der Waals surface area contributed by atoms with Gasteiger partial charge in [-0.2, -0.15) is 5.26 Å². The molecule has 162 valence electrons. The second-order valence-electron chi connectivity index (χ2n) is 7.00. The number of carbonyl (C=O) groups is 2. The summed E-state index contributed by atoms with van der Waals surface area (Å²) >= 11 is 1.35. The molecule has 0 atom stereocenters. The molecule has 1 heterocycles. The number of esters is 2. The molecular weight excluding hydrogens is 426 g/mol. The molecule has 0 aliphatic carbocycles. The topological polar surface area (TPSA) is 101 Å². The molecule has 8 heteroatoms. The summed E-state index contributed by atoms with van der Waals surface area (Å²) in [6.07, 6.45) is 1.39. The maximum Gasteiger partial charge on any atom is 0.338 e. The maximum absolute atomic E-state index is 11.9. The summed E-state index contributed by atoms with van der Waals surface area (Å²) < 4.78 is 10.2. The molecule has 0 amide bonds. The molecule has 2 aromatic carbocycles. The van der Waals surface area contributed by atoms with Gasteiger partial charge in [0.25, 0.3) is 0 Å². The van der Waals surface area contributed by atoms with Crippen LogP contribution in [0.5, 0.6) is 5.75 Å². The van der Waals surface area contributed by atoms with Gasteiger partial charge in [0.05, 0.1) is 17.4 Å². The number of hydrogen-bond acceptors (Lipinski definition) is 8. The van der Waals surface area contributed by atoms with Crippen molar-refractivity contribution in [3.05, 3.63) is 70.7 Å². The highest BCUT2D eigenvalue weighted by atomic mass is 32.1. The molecule has 0 radical (unpaired) electrons. The molecule has 1 aromatic heterocycles. The first-order valence-electron chi connectivity index (χ1n) is 9.78. The first-order valence-corrected chi connectivity index (χ1v) is 10.7. The molecule has 0 bridgehead atoms. The fraction of sp³-hybridized carbons (Fsp3) is 0.167. The van der Waals surface area contributed by atoms with E-state index in [0.717, 1.165) is 11.3 Å². The molecule has 0 aliphatic rings. The van der Waals surface area contributed by atoms with Crippen LogP contribution in [0.25, 0.3) is 16.8 Å². The van der Waals surface area contributed by atoms with Crippen LogP contribution in [0.15, 0.2) is 60.1 Å². The second-order valence-corrected chi connectivity index (χ2v) is 7.86. The van der Waals surface area contributed by atoms with Crippen LogP contribution >= 0.6 is 11.3 Å². The standard InChI is InChI=1S/C24H21N3O4S/c1-15(2)30-24(29)18-4-8-20(9-5-18)26-13-19(12-25)23-27-22(14-32-23)17-6-10-21(11-7-17)31-16(3)28/h4-11,13-15,26H,1-3H3/b19-13+. The van der Waals surface area contributed by atoms with Gasteiger partial charge in [-0.1, -0.05) is 0 Å². The number of ether oxygens (including phenoxy) is 2. The number of allylic oxidation sites excluding steroid dienone is 1. The highest BCUT2D eigenvalue weighted by molar-refractivity contribution is 7.11. The minimum atomic E-state index is -0.380. The van der Waals surface area contributed by atoms with E-state index in [9.17, 15) is 14.9 Å². The van der Waals surface area contributed by atoms with Crippen LogP contribution in [0.1, 0.15) is 36.1 Å². The first-order chi connectivity index (χ1) is 15.4. The number of nitrogens with one attached hydrogen (secondary N) is 1. The number of benzene rings is 2. The van der Waals surface area contributed by atoms with Crippen LogP contribution in [0, 0.1) is 11.3 Å². The molecule has 0 unspecified atom stereocenters. The van der Waals surface area contributed by atoms with Crippen molar-refractivity contribution in [1.29, 1.82) is 5.26 Å². The molecule has 1 N–H and O–H groups in total. The normalized spacial score (nSPS) is 11.0. The van der Waals surface area contributed by atoms with E-state index in [1.807, 2.05) is 5.38 Å². The van der Waals surface area contributed by atoms with Gasteiger partial charge in [0.15, 0.2) is 0 Å². The lowest BCUT2D eigenvalue weighted by Crippen LogP contribution is -2.11. The lowest BCUT2D eigenvalue weighted by molar-refractivity contribution is -0.131. The smallest absolute Gasteiger partial charge is 0.338 e. The molecular formula is C24H21N3O4S. The predicted octanol–water partition coefficient (Wildman–Crippen LogP) is 5.28. The van der Waals surface area contributed by atoms with Gasteiger partial charge in [-0.05, 0) is 62.4 Å².